The molecule has 0 amide bonds. The lowest BCUT2D eigenvalue weighted by atomic mass is 9.96. The molecule has 1 fully saturated rings. The molecule has 0 radical (unpaired) electrons. The number of ether oxygens (including phenoxy) is 2. The summed E-state index contributed by atoms with van der Waals surface area (Å²) in [5.41, 5.74) is 0.661. The zero-order chi connectivity index (χ0) is 17.0. The standard InChI is InChI=1S/C16H20O7/c1-22-13-6-9(3-5-11(13)18)2-4-10(17)7-14-16(21)15(20)12(19)8-23-14/h2-6,12,14-16,18-21H,7-8H2,1H3. The van der Waals surface area contributed by atoms with Crippen LogP contribution in [0.15, 0.2) is 24.3 Å². The average Bonchev–Trinajstić information content (AvgIpc) is 2.54. The van der Waals surface area contributed by atoms with Crippen LogP contribution >= 0.6 is 0 Å². The van der Waals surface area contributed by atoms with Gasteiger partial charge in [-0.1, -0.05) is 12.1 Å². The van der Waals surface area contributed by atoms with Crippen molar-refractivity contribution in [3.63, 3.8) is 0 Å². The summed E-state index contributed by atoms with van der Waals surface area (Å²) in [5.74, 6) is -0.00493. The van der Waals surface area contributed by atoms with Crippen LogP contribution in [0.5, 0.6) is 11.5 Å². The van der Waals surface area contributed by atoms with Gasteiger partial charge in [-0.15, -0.1) is 0 Å². The summed E-state index contributed by atoms with van der Waals surface area (Å²) < 4.78 is 10.2. The molecule has 0 spiro atoms. The van der Waals surface area contributed by atoms with Crippen molar-refractivity contribution in [2.75, 3.05) is 13.7 Å². The van der Waals surface area contributed by atoms with Crippen LogP contribution in [0.1, 0.15) is 12.0 Å². The van der Waals surface area contributed by atoms with Crippen LogP contribution < -0.4 is 4.74 Å². The van der Waals surface area contributed by atoms with Crippen LogP contribution in [-0.4, -0.2) is 64.3 Å². The molecule has 2 rings (SSSR count). The van der Waals surface area contributed by atoms with Crippen LogP contribution in [0.25, 0.3) is 6.08 Å². The maximum atomic E-state index is 11.9. The molecule has 1 heterocycles. The molecule has 1 aliphatic heterocycles. The van der Waals surface area contributed by atoms with Gasteiger partial charge in [0, 0.05) is 6.42 Å². The van der Waals surface area contributed by atoms with Crippen molar-refractivity contribution < 1.29 is 34.7 Å². The number of rotatable bonds is 5. The molecule has 0 aliphatic carbocycles. The third kappa shape index (κ3) is 4.29. The van der Waals surface area contributed by atoms with Gasteiger partial charge in [-0.2, -0.15) is 0 Å². The number of hydrogen-bond acceptors (Lipinski definition) is 7. The van der Waals surface area contributed by atoms with E-state index in [9.17, 15) is 25.2 Å². The van der Waals surface area contributed by atoms with Crippen molar-refractivity contribution in [1.82, 2.24) is 0 Å². The van der Waals surface area contributed by atoms with Gasteiger partial charge in [0.05, 0.1) is 19.8 Å². The summed E-state index contributed by atoms with van der Waals surface area (Å²) in [7, 11) is 1.43. The van der Waals surface area contributed by atoms with Crippen LogP contribution in [0, 0.1) is 0 Å². The molecule has 0 bridgehead atoms. The van der Waals surface area contributed by atoms with Gasteiger partial charge < -0.3 is 29.9 Å². The number of aliphatic hydroxyl groups excluding tert-OH is 3. The molecule has 4 unspecified atom stereocenters. The van der Waals surface area contributed by atoms with Crippen molar-refractivity contribution in [3.8, 4) is 11.5 Å². The summed E-state index contributed by atoms with van der Waals surface area (Å²) in [6.45, 7) is -0.130. The van der Waals surface area contributed by atoms with Gasteiger partial charge in [0.25, 0.3) is 0 Å². The van der Waals surface area contributed by atoms with E-state index in [-0.39, 0.29) is 24.6 Å². The molecular formula is C16H20O7. The number of aromatic hydroxyl groups is 1. The Balaban J connectivity index is 1.96. The predicted molar refractivity (Wildman–Crippen MR) is 81.1 cm³/mol. The molecule has 1 saturated heterocycles. The fraction of sp³-hybridized carbons (Fsp3) is 0.438. The van der Waals surface area contributed by atoms with Crippen molar-refractivity contribution in [2.45, 2.75) is 30.8 Å². The van der Waals surface area contributed by atoms with E-state index in [2.05, 4.69) is 0 Å². The Morgan fingerprint density at radius 2 is 2.09 bits per heavy atom. The largest absolute Gasteiger partial charge is 0.504 e. The highest BCUT2D eigenvalue weighted by atomic mass is 16.5. The Hall–Kier alpha value is -1.93. The highest BCUT2D eigenvalue weighted by molar-refractivity contribution is 5.94. The smallest absolute Gasteiger partial charge is 0.161 e. The predicted octanol–water partition coefficient (Wildman–Crippen LogP) is -0.145. The fourth-order valence-electron chi connectivity index (χ4n) is 2.30. The van der Waals surface area contributed by atoms with E-state index in [0.29, 0.717) is 11.3 Å². The minimum Gasteiger partial charge on any atom is -0.504 e. The number of benzene rings is 1. The number of carbonyl (C=O) groups is 1. The summed E-state index contributed by atoms with van der Waals surface area (Å²) in [5, 5.41) is 38.2. The monoisotopic (exact) mass is 324 g/mol. The first-order chi connectivity index (χ1) is 10.9. The number of ketones is 1. The zero-order valence-electron chi connectivity index (χ0n) is 12.6. The quantitative estimate of drug-likeness (QED) is 0.557. The maximum absolute atomic E-state index is 11.9. The van der Waals surface area contributed by atoms with Crippen molar-refractivity contribution in [2.24, 2.45) is 0 Å². The van der Waals surface area contributed by atoms with Crippen LogP contribution in [0.2, 0.25) is 0 Å². The van der Waals surface area contributed by atoms with Crippen LogP contribution in [0.3, 0.4) is 0 Å². The Morgan fingerprint density at radius 1 is 1.35 bits per heavy atom. The molecule has 0 aromatic heterocycles. The number of carbonyl (C=O) groups excluding carboxylic acids is 1. The lowest BCUT2D eigenvalue weighted by molar-refractivity contribution is -0.188. The average molecular weight is 324 g/mol. The van der Waals surface area contributed by atoms with E-state index in [1.165, 1.54) is 19.3 Å². The normalized spacial score (nSPS) is 28.0. The molecule has 126 valence electrons. The van der Waals surface area contributed by atoms with Crippen LogP contribution in [0.4, 0.5) is 0 Å². The SMILES string of the molecule is COc1cc(C=CC(=O)CC2OCC(O)C(O)C2O)ccc1O. The van der Waals surface area contributed by atoms with Crippen molar-refractivity contribution in [3.05, 3.63) is 29.8 Å². The zero-order valence-corrected chi connectivity index (χ0v) is 12.6. The highest BCUT2D eigenvalue weighted by Gasteiger charge is 2.37. The first-order valence-electron chi connectivity index (χ1n) is 7.16. The molecule has 1 aliphatic rings. The third-order valence-electron chi connectivity index (χ3n) is 3.67. The van der Waals surface area contributed by atoms with Gasteiger partial charge >= 0.3 is 0 Å². The second-order valence-electron chi connectivity index (χ2n) is 5.36. The number of allylic oxidation sites excluding steroid dienone is 1. The molecule has 0 saturated carbocycles. The fourth-order valence-corrected chi connectivity index (χ4v) is 2.30. The Bertz CT molecular complexity index is 584. The molecule has 7 heteroatoms. The number of aliphatic hydroxyl groups is 3. The van der Waals surface area contributed by atoms with E-state index in [4.69, 9.17) is 9.47 Å². The number of phenolic OH excluding ortho intramolecular Hbond substituents is 1. The van der Waals surface area contributed by atoms with E-state index < -0.39 is 24.4 Å². The molecular weight excluding hydrogens is 304 g/mol. The second-order valence-corrected chi connectivity index (χ2v) is 5.36. The van der Waals surface area contributed by atoms with Crippen molar-refractivity contribution in [1.29, 1.82) is 0 Å². The van der Waals surface area contributed by atoms with Crippen molar-refractivity contribution >= 4 is 11.9 Å². The Kier molecular flexibility index (Phi) is 5.73. The topological polar surface area (TPSA) is 116 Å². The molecule has 1 aromatic rings. The lowest BCUT2D eigenvalue weighted by Gasteiger charge is -2.34. The van der Waals surface area contributed by atoms with E-state index in [1.807, 2.05) is 0 Å². The number of methoxy groups -OCH3 is 1. The molecule has 23 heavy (non-hydrogen) atoms. The van der Waals surface area contributed by atoms with E-state index in [1.54, 1.807) is 18.2 Å². The molecule has 4 atom stereocenters. The summed E-state index contributed by atoms with van der Waals surface area (Å²) in [6, 6.07) is 4.65. The Morgan fingerprint density at radius 3 is 2.78 bits per heavy atom. The minimum atomic E-state index is -1.33. The first kappa shape index (κ1) is 17.4. The molecule has 1 aromatic carbocycles. The summed E-state index contributed by atoms with van der Waals surface area (Å²) >= 11 is 0. The first-order valence-corrected chi connectivity index (χ1v) is 7.16. The lowest BCUT2D eigenvalue weighted by Crippen LogP contribution is -2.53. The van der Waals surface area contributed by atoms with Gasteiger partial charge in [0.15, 0.2) is 17.3 Å². The molecule has 4 N–H and O–H groups in total. The summed E-state index contributed by atoms with van der Waals surface area (Å²) in [6.07, 6.45) is -1.91. The van der Waals surface area contributed by atoms with Gasteiger partial charge in [0.2, 0.25) is 0 Å². The number of hydrogen-bond donors (Lipinski definition) is 4. The third-order valence-corrected chi connectivity index (χ3v) is 3.67. The highest BCUT2D eigenvalue weighted by Crippen LogP contribution is 2.26. The molecule has 7 nitrogen and oxygen atoms in total. The minimum absolute atomic E-state index is 0.00208. The van der Waals surface area contributed by atoms with Gasteiger partial charge in [-0.3, -0.25) is 4.79 Å². The van der Waals surface area contributed by atoms with Crippen LogP contribution in [-0.2, 0) is 9.53 Å². The summed E-state index contributed by atoms with van der Waals surface area (Å²) in [4.78, 5) is 11.9. The van der Waals surface area contributed by atoms with Gasteiger partial charge in [0.1, 0.15) is 18.3 Å². The number of phenols is 1. The van der Waals surface area contributed by atoms with E-state index >= 15 is 0 Å². The van der Waals surface area contributed by atoms with E-state index in [0.717, 1.165) is 0 Å². The van der Waals surface area contributed by atoms with Gasteiger partial charge in [-0.25, -0.2) is 0 Å². The van der Waals surface area contributed by atoms with Gasteiger partial charge in [-0.05, 0) is 23.8 Å². The second kappa shape index (κ2) is 7.56. The maximum Gasteiger partial charge on any atom is 0.161 e. The Labute approximate surface area is 133 Å².